The van der Waals surface area contributed by atoms with Gasteiger partial charge in [-0.3, -0.25) is 0 Å². The van der Waals surface area contributed by atoms with Crippen molar-refractivity contribution in [1.29, 1.82) is 0 Å². The summed E-state index contributed by atoms with van der Waals surface area (Å²) in [6.07, 6.45) is 0. The van der Waals surface area contributed by atoms with E-state index in [0.29, 0.717) is 24.7 Å². The van der Waals surface area contributed by atoms with Gasteiger partial charge in [0.25, 0.3) is 0 Å². The smallest absolute Gasteiger partial charge is 0.240 e. The molecule has 2 aromatic carbocycles. The summed E-state index contributed by atoms with van der Waals surface area (Å²) >= 11 is 0. The van der Waals surface area contributed by atoms with Crippen LogP contribution in [0.4, 0.5) is 0 Å². The van der Waals surface area contributed by atoms with Crippen LogP contribution in [0.5, 0.6) is 11.5 Å². The summed E-state index contributed by atoms with van der Waals surface area (Å²) in [6.45, 7) is 4.66. The number of benzene rings is 2. The molecule has 6 nitrogen and oxygen atoms in total. The van der Waals surface area contributed by atoms with Gasteiger partial charge in [-0.1, -0.05) is 30.3 Å². The average Bonchev–Trinajstić information content (AvgIpc) is 2.62. The Morgan fingerprint density at radius 1 is 1.00 bits per heavy atom. The molecule has 0 aliphatic heterocycles. The van der Waals surface area contributed by atoms with E-state index in [-0.39, 0.29) is 11.4 Å². The van der Waals surface area contributed by atoms with Gasteiger partial charge in [0.05, 0.1) is 18.1 Å². The molecule has 1 atom stereocenters. The monoisotopic (exact) mass is 364 g/mol. The SMILES string of the molecule is CCOc1ccc(S(=O)(=O)NCC(N)c2ccccc2)cc1OCC. The lowest BCUT2D eigenvalue weighted by Gasteiger charge is -2.15. The molecule has 2 rings (SSSR count). The van der Waals surface area contributed by atoms with E-state index in [1.54, 1.807) is 6.07 Å². The number of hydrogen-bond acceptors (Lipinski definition) is 5. The Balaban J connectivity index is 2.14. The van der Waals surface area contributed by atoms with Crippen LogP contribution in [0.15, 0.2) is 53.4 Å². The van der Waals surface area contributed by atoms with Gasteiger partial charge in [0.15, 0.2) is 11.5 Å². The third kappa shape index (κ3) is 5.19. The van der Waals surface area contributed by atoms with Crippen molar-refractivity contribution in [2.45, 2.75) is 24.8 Å². The molecular formula is C18H24N2O4S. The Labute approximate surface area is 149 Å². The Hall–Kier alpha value is -2.09. The van der Waals surface area contributed by atoms with Gasteiger partial charge in [-0.2, -0.15) is 0 Å². The van der Waals surface area contributed by atoms with Gasteiger partial charge in [0.1, 0.15) is 0 Å². The zero-order chi connectivity index (χ0) is 18.3. The summed E-state index contributed by atoms with van der Waals surface area (Å²) < 4.78 is 38.5. The van der Waals surface area contributed by atoms with E-state index in [0.717, 1.165) is 5.56 Å². The summed E-state index contributed by atoms with van der Waals surface area (Å²) in [5, 5.41) is 0. The Bertz CT molecular complexity index is 779. The molecule has 7 heteroatoms. The topological polar surface area (TPSA) is 90.7 Å². The van der Waals surface area contributed by atoms with E-state index in [1.807, 2.05) is 44.2 Å². The summed E-state index contributed by atoms with van der Waals surface area (Å²) in [4.78, 5) is 0.111. The highest BCUT2D eigenvalue weighted by molar-refractivity contribution is 7.89. The van der Waals surface area contributed by atoms with Crippen LogP contribution in [0.25, 0.3) is 0 Å². The lowest BCUT2D eigenvalue weighted by atomic mass is 10.1. The predicted molar refractivity (Wildman–Crippen MR) is 97.3 cm³/mol. The van der Waals surface area contributed by atoms with E-state index in [2.05, 4.69) is 4.72 Å². The first-order chi connectivity index (χ1) is 12.0. The lowest BCUT2D eigenvalue weighted by molar-refractivity contribution is 0.287. The highest BCUT2D eigenvalue weighted by atomic mass is 32.2. The summed E-state index contributed by atoms with van der Waals surface area (Å²) in [5.74, 6) is 0.920. The molecule has 0 aliphatic rings. The van der Waals surface area contributed by atoms with E-state index < -0.39 is 16.1 Å². The van der Waals surface area contributed by atoms with Crippen LogP contribution in [0.2, 0.25) is 0 Å². The van der Waals surface area contributed by atoms with Crippen molar-refractivity contribution in [2.75, 3.05) is 19.8 Å². The van der Waals surface area contributed by atoms with E-state index in [9.17, 15) is 8.42 Å². The first-order valence-electron chi connectivity index (χ1n) is 8.17. The molecule has 25 heavy (non-hydrogen) atoms. The molecule has 0 bridgehead atoms. The van der Waals surface area contributed by atoms with E-state index in [4.69, 9.17) is 15.2 Å². The molecule has 0 saturated heterocycles. The fourth-order valence-corrected chi connectivity index (χ4v) is 3.37. The van der Waals surface area contributed by atoms with Crippen molar-refractivity contribution in [2.24, 2.45) is 5.73 Å². The molecule has 0 aromatic heterocycles. The zero-order valence-electron chi connectivity index (χ0n) is 14.4. The van der Waals surface area contributed by atoms with Gasteiger partial charge in [-0.15, -0.1) is 0 Å². The number of rotatable bonds is 9. The number of sulfonamides is 1. The van der Waals surface area contributed by atoms with Crippen LogP contribution in [0.3, 0.4) is 0 Å². The van der Waals surface area contributed by atoms with Gasteiger partial charge < -0.3 is 15.2 Å². The number of ether oxygens (including phenoxy) is 2. The second kappa shape index (κ2) is 8.84. The fourth-order valence-electron chi connectivity index (χ4n) is 2.30. The average molecular weight is 364 g/mol. The lowest BCUT2D eigenvalue weighted by Crippen LogP contribution is -2.32. The van der Waals surface area contributed by atoms with Crippen molar-refractivity contribution < 1.29 is 17.9 Å². The van der Waals surface area contributed by atoms with Gasteiger partial charge in [-0.05, 0) is 31.5 Å². The Morgan fingerprint density at radius 2 is 1.64 bits per heavy atom. The highest BCUT2D eigenvalue weighted by Crippen LogP contribution is 2.30. The quantitative estimate of drug-likeness (QED) is 0.713. The number of hydrogen-bond donors (Lipinski definition) is 2. The Morgan fingerprint density at radius 3 is 2.28 bits per heavy atom. The summed E-state index contributed by atoms with van der Waals surface area (Å²) in [6, 6.07) is 13.5. The van der Waals surface area contributed by atoms with Crippen molar-refractivity contribution in [3.05, 3.63) is 54.1 Å². The maximum Gasteiger partial charge on any atom is 0.240 e. The van der Waals surface area contributed by atoms with E-state index >= 15 is 0 Å². The van der Waals surface area contributed by atoms with Crippen molar-refractivity contribution in [1.82, 2.24) is 4.72 Å². The van der Waals surface area contributed by atoms with Crippen molar-refractivity contribution in [3.63, 3.8) is 0 Å². The third-order valence-corrected chi connectivity index (χ3v) is 4.97. The largest absolute Gasteiger partial charge is 0.490 e. The first-order valence-corrected chi connectivity index (χ1v) is 9.66. The standard InChI is InChI=1S/C18H24N2O4S/c1-3-23-17-11-10-15(12-18(17)24-4-2)25(21,22)20-13-16(19)14-8-6-5-7-9-14/h5-12,16,20H,3-4,13,19H2,1-2H3. The van der Waals surface area contributed by atoms with Crippen molar-refractivity contribution >= 4 is 10.0 Å². The molecule has 0 amide bonds. The summed E-state index contributed by atoms with van der Waals surface area (Å²) in [5.41, 5.74) is 6.92. The molecule has 2 aromatic rings. The molecule has 0 heterocycles. The second-order valence-corrected chi connectivity index (χ2v) is 7.11. The Kier molecular flexibility index (Phi) is 6.81. The minimum absolute atomic E-state index is 0.101. The normalized spacial score (nSPS) is 12.6. The van der Waals surface area contributed by atoms with Crippen LogP contribution < -0.4 is 19.9 Å². The van der Waals surface area contributed by atoms with Crippen LogP contribution >= 0.6 is 0 Å². The number of nitrogens with two attached hydrogens (primary N) is 1. The molecule has 136 valence electrons. The molecular weight excluding hydrogens is 340 g/mol. The maximum absolute atomic E-state index is 12.5. The van der Waals surface area contributed by atoms with Crippen molar-refractivity contribution in [3.8, 4) is 11.5 Å². The molecule has 3 N–H and O–H groups in total. The molecule has 0 radical (unpaired) electrons. The molecule has 0 fully saturated rings. The van der Waals surface area contributed by atoms with Crippen LogP contribution in [0.1, 0.15) is 25.5 Å². The van der Waals surface area contributed by atoms with Crippen LogP contribution in [-0.2, 0) is 10.0 Å². The minimum atomic E-state index is -3.70. The van der Waals surface area contributed by atoms with Gasteiger partial charge in [-0.25, -0.2) is 13.1 Å². The first kappa shape index (κ1) is 19.2. The predicted octanol–water partition coefficient (Wildman–Crippen LogP) is 2.46. The fraction of sp³-hybridized carbons (Fsp3) is 0.333. The van der Waals surface area contributed by atoms with Gasteiger partial charge >= 0.3 is 0 Å². The third-order valence-electron chi connectivity index (χ3n) is 3.55. The molecule has 1 unspecified atom stereocenters. The number of nitrogens with one attached hydrogen (secondary N) is 1. The van der Waals surface area contributed by atoms with Gasteiger partial charge in [0, 0.05) is 18.7 Å². The second-order valence-electron chi connectivity index (χ2n) is 5.34. The maximum atomic E-state index is 12.5. The highest BCUT2D eigenvalue weighted by Gasteiger charge is 2.18. The van der Waals surface area contributed by atoms with E-state index in [1.165, 1.54) is 12.1 Å². The zero-order valence-corrected chi connectivity index (χ0v) is 15.3. The van der Waals surface area contributed by atoms with Crippen LogP contribution in [-0.4, -0.2) is 28.2 Å². The molecule has 0 aliphatic carbocycles. The van der Waals surface area contributed by atoms with Crippen LogP contribution in [0, 0.1) is 0 Å². The molecule has 0 spiro atoms. The van der Waals surface area contributed by atoms with Gasteiger partial charge in [0.2, 0.25) is 10.0 Å². The minimum Gasteiger partial charge on any atom is -0.490 e. The molecule has 0 saturated carbocycles. The summed E-state index contributed by atoms with van der Waals surface area (Å²) in [7, 11) is -3.70.